The van der Waals surface area contributed by atoms with Crippen LogP contribution < -0.4 is 10.5 Å². The first-order valence-electron chi connectivity index (χ1n) is 6.13. The fourth-order valence-corrected chi connectivity index (χ4v) is 2.68. The van der Waals surface area contributed by atoms with Crippen molar-refractivity contribution >= 4 is 15.7 Å². The van der Waals surface area contributed by atoms with Crippen LogP contribution in [-0.2, 0) is 16.6 Å². The lowest BCUT2D eigenvalue weighted by atomic mass is 10.3. The molecule has 21 heavy (non-hydrogen) atoms. The lowest BCUT2D eigenvalue weighted by molar-refractivity contribution is 0.579. The van der Waals surface area contributed by atoms with Crippen molar-refractivity contribution in [2.45, 2.75) is 17.9 Å². The predicted octanol–water partition coefficient (Wildman–Crippen LogP) is 1.31. The molecule has 0 bridgehead atoms. The lowest BCUT2D eigenvalue weighted by Gasteiger charge is -2.08. The monoisotopic (exact) mass is 316 g/mol. The zero-order chi connectivity index (χ0) is 15.5. The molecule has 114 valence electrons. The maximum absolute atomic E-state index is 13.5. The van der Waals surface area contributed by atoms with Crippen molar-refractivity contribution in [2.75, 3.05) is 11.3 Å². The average Bonchev–Trinajstić information content (AvgIpc) is 2.90. The van der Waals surface area contributed by atoms with E-state index in [1.54, 1.807) is 0 Å². The van der Waals surface area contributed by atoms with Crippen molar-refractivity contribution in [3.63, 3.8) is 0 Å². The van der Waals surface area contributed by atoms with E-state index in [0.717, 1.165) is 24.4 Å². The second-order valence-electron chi connectivity index (χ2n) is 4.28. The molecule has 0 aliphatic carbocycles. The molecule has 3 N–H and O–H groups in total. The molecule has 0 aliphatic heterocycles. The zero-order valence-electron chi connectivity index (χ0n) is 11.0. The highest BCUT2D eigenvalue weighted by Crippen LogP contribution is 2.22. The molecule has 0 spiro atoms. The van der Waals surface area contributed by atoms with E-state index < -0.39 is 27.3 Å². The number of para-hydroxylation sites is 1. The second kappa shape index (κ2) is 6.19. The minimum atomic E-state index is -4.11. The van der Waals surface area contributed by atoms with Gasteiger partial charge >= 0.3 is 0 Å². The summed E-state index contributed by atoms with van der Waals surface area (Å²) in [7, 11) is -4.11. The second-order valence-corrected chi connectivity index (χ2v) is 5.97. The van der Waals surface area contributed by atoms with Gasteiger partial charge in [-0.3, -0.25) is 9.40 Å². The Kier molecular flexibility index (Phi) is 4.53. The van der Waals surface area contributed by atoms with Gasteiger partial charge in [-0.15, -0.1) is 0 Å². The number of sulfonamides is 1. The Hall–Kier alpha value is -2.00. The van der Waals surface area contributed by atoms with Crippen LogP contribution in [0.5, 0.6) is 0 Å². The van der Waals surface area contributed by atoms with E-state index >= 15 is 0 Å². The molecule has 2 rings (SSSR count). The summed E-state index contributed by atoms with van der Waals surface area (Å²) in [6.45, 7) is 0.903. The van der Waals surface area contributed by atoms with Crippen molar-refractivity contribution in [2.24, 2.45) is 5.73 Å². The van der Waals surface area contributed by atoms with Crippen LogP contribution in [0.4, 0.5) is 14.5 Å². The first-order chi connectivity index (χ1) is 9.94. The van der Waals surface area contributed by atoms with Gasteiger partial charge in [-0.25, -0.2) is 17.2 Å². The van der Waals surface area contributed by atoms with Crippen molar-refractivity contribution in [1.82, 2.24) is 9.78 Å². The van der Waals surface area contributed by atoms with Gasteiger partial charge < -0.3 is 5.73 Å². The lowest BCUT2D eigenvalue weighted by Crippen LogP contribution is -2.14. The van der Waals surface area contributed by atoms with Gasteiger partial charge in [0.25, 0.3) is 10.0 Å². The van der Waals surface area contributed by atoms with Crippen molar-refractivity contribution in [3.8, 4) is 0 Å². The summed E-state index contributed by atoms with van der Waals surface area (Å²) in [5.41, 5.74) is 4.63. The Morgan fingerprint density at radius 2 is 1.95 bits per heavy atom. The van der Waals surface area contributed by atoms with Crippen LogP contribution in [0.2, 0.25) is 0 Å². The number of aromatic nitrogens is 2. The molecule has 2 aromatic rings. The molecule has 0 saturated carbocycles. The molecule has 1 aromatic heterocycles. The molecule has 1 aromatic carbocycles. The molecule has 0 unspecified atom stereocenters. The van der Waals surface area contributed by atoms with E-state index in [0.29, 0.717) is 19.5 Å². The zero-order valence-corrected chi connectivity index (χ0v) is 11.8. The van der Waals surface area contributed by atoms with Crippen LogP contribution in [0.1, 0.15) is 6.42 Å². The molecule has 0 fully saturated rings. The smallest absolute Gasteiger partial charge is 0.265 e. The van der Waals surface area contributed by atoms with Gasteiger partial charge in [0.1, 0.15) is 22.2 Å². The highest BCUT2D eigenvalue weighted by Gasteiger charge is 2.20. The van der Waals surface area contributed by atoms with Crippen molar-refractivity contribution in [3.05, 3.63) is 42.2 Å². The number of nitrogens with two attached hydrogens (primary N) is 1. The third-order valence-corrected chi connectivity index (χ3v) is 4.01. The normalized spacial score (nSPS) is 11.6. The number of nitrogens with zero attached hydrogens (tertiary/aromatic N) is 2. The number of nitrogens with one attached hydrogen (secondary N) is 1. The minimum absolute atomic E-state index is 0.179. The SMILES string of the molecule is NCCCn1cc(S(=O)(=O)Nc2c(F)cccc2F)cn1. The number of benzene rings is 1. The molecular formula is C12H14F2N4O2S. The summed E-state index contributed by atoms with van der Waals surface area (Å²) in [6, 6.07) is 3.07. The first-order valence-corrected chi connectivity index (χ1v) is 7.61. The molecule has 0 amide bonds. The van der Waals surface area contributed by atoms with Crippen LogP contribution >= 0.6 is 0 Å². The molecule has 1 heterocycles. The van der Waals surface area contributed by atoms with Crippen molar-refractivity contribution in [1.29, 1.82) is 0 Å². The molecule has 0 saturated heterocycles. The van der Waals surface area contributed by atoms with E-state index in [1.807, 2.05) is 4.72 Å². The Balaban J connectivity index is 2.24. The molecule has 6 nitrogen and oxygen atoms in total. The van der Waals surface area contributed by atoms with Gasteiger partial charge in [0.15, 0.2) is 0 Å². The Morgan fingerprint density at radius 1 is 1.29 bits per heavy atom. The number of anilines is 1. The number of aryl methyl sites for hydroxylation is 1. The molecule has 0 atom stereocenters. The third-order valence-electron chi connectivity index (χ3n) is 2.71. The van der Waals surface area contributed by atoms with E-state index in [9.17, 15) is 17.2 Å². The van der Waals surface area contributed by atoms with Crippen LogP contribution in [0.15, 0.2) is 35.5 Å². The van der Waals surface area contributed by atoms with E-state index in [-0.39, 0.29) is 4.90 Å². The summed E-state index contributed by atoms with van der Waals surface area (Å²) in [4.78, 5) is -0.179. The Morgan fingerprint density at radius 3 is 2.57 bits per heavy atom. The van der Waals surface area contributed by atoms with Gasteiger partial charge in [0.05, 0.1) is 6.20 Å². The van der Waals surface area contributed by atoms with Gasteiger partial charge in [-0.05, 0) is 25.1 Å². The van der Waals surface area contributed by atoms with Crippen molar-refractivity contribution < 1.29 is 17.2 Å². The largest absolute Gasteiger partial charge is 0.330 e. The molecule has 0 radical (unpaired) electrons. The highest BCUT2D eigenvalue weighted by molar-refractivity contribution is 7.92. The first kappa shape index (κ1) is 15.4. The standard InChI is InChI=1S/C12H14F2N4O2S/c13-10-3-1-4-11(14)12(10)17-21(19,20)9-7-16-18(8-9)6-2-5-15/h1,3-4,7-8,17H,2,5-6,15H2. The number of hydrogen-bond donors (Lipinski definition) is 2. The predicted molar refractivity (Wildman–Crippen MR) is 73.1 cm³/mol. The fraction of sp³-hybridized carbons (Fsp3) is 0.250. The van der Waals surface area contributed by atoms with Crippen LogP contribution in [0.3, 0.4) is 0 Å². The minimum Gasteiger partial charge on any atom is -0.330 e. The number of halogens is 2. The van der Waals surface area contributed by atoms with Gasteiger partial charge in [0, 0.05) is 12.7 Å². The number of rotatable bonds is 6. The van der Waals surface area contributed by atoms with Crippen LogP contribution in [0, 0.1) is 11.6 Å². The Labute approximate surface area is 120 Å². The Bertz CT molecular complexity index is 710. The maximum Gasteiger partial charge on any atom is 0.265 e. The quantitative estimate of drug-likeness (QED) is 0.841. The summed E-state index contributed by atoms with van der Waals surface area (Å²) < 4.78 is 54.4. The topological polar surface area (TPSA) is 90.0 Å². The molecule has 0 aliphatic rings. The van der Waals surface area contributed by atoms with Gasteiger partial charge in [-0.2, -0.15) is 5.10 Å². The molecule has 9 heteroatoms. The van der Waals surface area contributed by atoms with E-state index in [2.05, 4.69) is 5.10 Å². The van der Waals surface area contributed by atoms with E-state index in [1.165, 1.54) is 10.9 Å². The van der Waals surface area contributed by atoms with E-state index in [4.69, 9.17) is 5.73 Å². The summed E-state index contributed by atoms with van der Waals surface area (Å²) in [6.07, 6.45) is 3.02. The van der Waals surface area contributed by atoms with Crippen LogP contribution in [-0.4, -0.2) is 24.7 Å². The molecular weight excluding hydrogens is 302 g/mol. The third kappa shape index (κ3) is 3.56. The fourth-order valence-electron chi connectivity index (χ4n) is 1.65. The maximum atomic E-state index is 13.5. The summed E-state index contributed by atoms with van der Waals surface area (Å²) in [5, 5.41) is 3.86. The van der Waals surface area contributed by atoms with Gasteiger partial charge in [-0.1, -0.05) is 6.07 Å². The van der Waals surface area contributed by atoms with Gasteiger partial charge in [0.2, 0.25) is 0 Å². The van der Waals surface area contributed by atoms with Crippen LogP contribution in [0.25, 0.3) is 0 Å². The summed E-state index contributed by atoms with van der Waals surface area (Å²) >= 11 is 0. The number of hydrogen-bond acceptors (Lipinski definition) is 4. The average molecular weight is 316 g/mol. The summed E-state index contributed by atoms with van der Waals surface area (Å²) in [5.74, 6) is -1.98. The highest BCUT2D eigenvalue weighted by atomic mass is 32.2.